The number of hydrogen-bond donors (Lipinski definition) is 1. The molecule has 1 amide bonds. The van der Waals surface area contributed by atoms with Crippen LogP contribution in [0.15, 0.2) is 23.1 Å². The van der Waals surface area contributed by atoms with Gasteiger partial charge in [0.1, 0.15) is 13.2 Å². The highest BCUT2D eigenvalue weighted by Crippen LogP contribution is 2.34. The summed E-state index contributed by atoms with van der Waals surface area (Å²) in [6.07, 6.45) is 5.75. The average Bonchev–Trinajstić information content (AvgIpc) is 2.87. The van der Waals surface area contributed by atoms with Crippen molar-refractivity contribution < 1.29 is 32.2 Å². The predicted octanol–water partition coefficient (Wildman–Crippen LogP) is 2.49. The van der Waals surface area contributed by atoms with Crippen molar-refractivity contribution in [2.75, 3.05) is 32.8 Å². The number of amides is 1. The fourth-order valence-corrected chi connectivity index (χ4v) is 6.25. The van der Waals surface area contributed by atoms with Gasteiger partial charge in [0, 0.05) is 25.7 Å². The van der Waals surface area contributed by atoms with Crippen molar-refractivity contribution in [3.05, 3.63) is 18.2 Å². The van der Waals surface area contributed by atoms with Crippen molar-refractivity contribution >= 4 is 21.9 Å². The molecule has 1 aromatic carbocycles. The number of sulfonamides is 1. The number of fused-ring (bicyclic) bond motifs is 1. The lowest BCUT2D eigenvalue weighted by molar-refractivity contribution is -0.159. The smallest absolute Gasteiger partial charge is 0.309 e. The number of esters is 1. The quantitative estimate of drug-likeness (QED) is 0.580. The summed E-state index contributed by atoms with van der Waals surface area (Å²) in [5.74, 6) is 0.292. The van der Waals surface area contributed by atoms with Gasteiger partial charge in [-0.05, 0) is 50.7 Å². The zero-order chi connectivity index (χ0) is 24.1. The first-order valence-electron chi connectivity index (χ1n) is 12.2. The number of rotatable bonds is 7. The third-order valence-electron chi connectivity index (χ3n) is 6.89. The van der Waals surface area contributed by atoms with Crippen LogP contribution >= 0.6 is 0 Å². The molecular weight excluding hydrogens is 460 g/mol. The summed E-state index contributed by atoms with van der Waals surface area (Å²) in [6, 6.07) is 4.60. The molecule has 9 nitrogen and oxygen atoms in total. The van der Waals surface area contributed by atoms with Gasteiger partial charge in [-0.1, -0.05) is 19.3 Å². The summed E-state index contributed by atoms with van der Waals surface area (Å²) in [7, 11) is -3.72. The second kappa shape index (κ2) is 10.9. The Morgan fingerprint density at radius 2 is 1.74 bits per heavy atom. The molecular formula is C24H34N2O7S. The molecule has 1 aliphatic carbocycles. The van der Waals surface area contributed by atoms with Gasteiger partial charge in [0.05, 0.1) is 10.8 Å². The number of nitrogens with zero attached hydrogens (tertiary/aromatic N) is 1. The lowest BCUT2D eigenvalue weighted by Crippen LogP contribution is -2.43. The maximum absolute atomic E-state index is 13.1. The number of nitrogens with one attached hydrogen (secondary N) is 1. The first-order chi connectivity index (χ1) is 16.3. The van der Waals surface area contributed by atoms with Crippen LogP contribution in [0.5, 0.6) is 11.5 Å². The van der Waals surface area contributed by atoms with E-state index in [-0.39, 0.29) is 23.9 Å². The largest absolute Gasteiger partial charge is 0.486 e. The van der Waals surface area contributed by atoms with E-state index in [1.807, 2.05) is 0 Å². The molecule has 10 heteroatoms. The molecule has 1 N–H and O–H groups in total. The number of hydrogen-bond acceptors (Lipinski definition) is 7. The highest BCUT2D eigenvalue weighted by atomic mass is 32.2. The van der Waals surface area contributed by atoms with Gasteiger partial charge >= 0.3 is 5.97 Å². The van der Waals surface area contributed by atoms with Gasteiger partial charge in [-0.25, -0.2) is 8.42 Å². The molecule has 1 saturated carbocycles. The molecule has 4 rings (SSSR count). The van der Waals surface area contributed by atoms with Crippen molar-refractivity contribution in [1.29, 1.82) is 0 Å². The van der Waals surface area contributed by atoms with Gasteiger partial charge in [0.15, 0.2) is 17.6 Å². The molecule has 2 fully saturated rings. The van der Waals surface area contributed by atoms with E-state index in [0.29, 0.717) is 50.0 Å². The molecule has 1 atom stereocenters. The SMILES string of the molecule is C[C@@H](OC(=O)C1CCN(S(=O)(=O)c2ccc3c(c2)OCCO3)CC1)C(=O)NCC1CCCCC1. The predicted molar refractivity (Wildman–Crippen MR) is 124 cm³/mol. The highest BCUT2D eigenvalue weighted by molar-refractivity contribution is 7.89. The Morgan fingerprint density at radius 3 is 2.44 bits per heavy atom. The van der Waals surface area contributed by atoms with E-state index < -0.39 is 28.0 Å². The first kappa shape index (κ1) is 24.8. The number of benzene rings is 1. The van der Waals surface area contributed by atoms with Gasteiger partial charge in [-0.3, -0.25) is 9.59 Å². The Labute approximate surface area is 201 Å². The van der Waals surface area contributed by atoms with Crippen LogP contribution in [0.4, 0.5) is 0 Å². The molecule has 0 radical (unpaired) electrons. The van der Waals surface area contributed by atoms with Crippen LogP contribution in [0, 0.1) is 11.8 Å². The van der Waals surface area contributed by atoms with Gasteiger partial charge in [-0.2, -0.15) is 4.31 Å². The second-order valence-corrected chi connectivity index (χ2v) is 11.3. The Bertz CT molecular complexity index is 983. The Balaban J connectivity index is 1.25. The van der Waals surface area contributed by atoms with Gasteiger partial charge in [-0.15, -0.1) is 0 Å². The number of ether oxygens (including phenoxy) is 3. The molecule has 34 heavy (non-hydrogen) atoms. The molecule has 1 saturated heterocycles. The molecule has 2 heterocycles. The van der Waals surface area contributed by atoms with Crippen LogP contribution in [0.25, 0.3) is 0 Å². The Kier molecular flexibility index (Phi) is 7.98. The molecule has 0 spiro atoms. The van der Waals surface area contributed by atoms with E-state index in [0.717, 1.165) is 12.8 Å². The van der Waals surface area contributed by atoms with Crippen molar-refractivity contribution in [3.8, 4) is 11.5 Å². The normalized spacial score (nSPS) is 21.0. The molecule has 2 aliphatic heterocycles. The summed E-state index contributed by atoms with van der Waals surface area (Å²) in [4.78, 5) is 25.1. The minimum atomic E-state index is -3.72. The zero-order valence-corrected chi connectivity index (χ0v) is 20.5. The number of carbonyl (C=O) groups is 2. The molecule has 0 unspecified atom stereocenters. The Hall–Kier alpha value is -2.33. The molecule has 188 valence electrons. The summed E-state index contributed by atoms with van der Waals surface area (Å²) in [5, 5.41) is 2.90. The van der Waals surface area contributed by atoms with Gasteiger partial charge in [0.25, 0.3) is 5.91 Å². The molecule has 1 aromatic rings. The van der Waals surface area contributed by atoms with Crippen molar-refractivity contribution in [1.82, 2.24) is 9.62 Å². The van der Waals surface area contributed by atoms with E-state index in [1.165, 1.54) is 35.7 Å². The van der Waals surface area contributed by atoms with Gasteiger partial charge < -0.3 is 19.5 Å². The van der Waals surface area contributed by atoms with Crippen molar-refractivity contribution in [3.63, 3.8) is 0 Å². The molecule has 0 aromatic heterocycles. The lowest BCUT2D eigenvalue weighted by Gasteiger charge is -2.31. The minimum Gasteiger partial charge on any atom is -0.486 e. The average molecular weight is 495 g/mol. The van der Waals surface area contributed by atoms with E-state index in [4.69, 9.17) is 14.2 Å². The highest BCUT2D eigenvalue weighted by Gasteiger charge is 2.34. The Morgan fingerprint density at radius 1 is 1.06 bits per heavy atom. The van der Waals surface area contributed by atoms with Crippen LogP contribution in [0.2, 0.25) is 0 Å². The monoisotopic (exact) mass is 494 g/mol. The van der Waals surface area contributed by atoms with Crippen molar-refractivity contribution in [2.45, 2.75) is 62.9 Å². The van der Waals surface area contributed by atoms with Crippen molar-refractivity contribution in [2.24, 2.45) is 11.8 Å². The van der Waals surface area contributed by atoms with E-state index in [9.17, 15) is 18.0 Å². The number of carbonyl (C=O) groups excluding carboxylic acids is 2. The third kappa shape index (κ3) is 5.83. The lowest BCUT2D eigenvalue weighted by atomic mass is 9.89. The summed E-state index contributed by atoms with van der Waals surface area (Å²) < 4.78 is 43.9. The van der Waals surface area contributed by atoms with E-state index >= 15 is 0 Å². The van der Waals surface area contributed by atoms with E-state index in [2.05, 4.69) is 5.32 Å². The van der Waals surface area contributed by atoms with E-state index in [1.54, 1.807) is 13.0 Å². The van der Waals surface area contributed by atoms with Crippen LogP contribution in [-0.2, 0) is 24.3 Å². The van der Waals surface area contributed by atoms with Crippen LogP contribution < -0.4 is 14.8 Å². The fourth-order valence-electron chi connectivity index (χ4n) is 4.77. The second-order valence-electron chi connectivity index (χ2n) is 9.31. The zero-order valence-electron chi connectivity index (χ0n) is 19.7. The third-order valence-corrected chi connectivity index (χ3v) is 8.79. The summed E-state index contributed by atoms with van der Waals surface area (Å²) in [6.45, 7) is 3.43. The van der Waals surface area contributed by atoms with Crippen LogP contribution in [0.3, 0.4) is 0 Å². The fraction of sp³-hybridized carbons (Fsp3) is 0.667. The first-order valence-corrected chi connectivity index (χ1v) is 13.7. The molecule has 3 aliphatic rings. The number of piperidine rings is 1. The maximum Gasteiger partial charge on any atom is 0.309 e. The minimum absolute atomic E-state index is 0.140. The topological polar surface area (TPSA) is 111 Å². The molecule has 0 bridgehead atoms. The maximum atomic E-state index is 13.1. The standard InChI is InChI=1S/C24H34N2O7S/c1-17(23(27)25-16-18-5-3-2-4-6-18)33-24(28)19-9-11-26(12-10-19)34(29,30)20-7-8-21-22(15-20)32-14-13-31-21/h7-8,15,17-19H,2-6,9-14,16H2,1H3,(H,25,27)/t17-/m1/s1. The van der Waals surface area contributed by atoms with Crippen LogP contribution in [-0.4, -0.2) is 63.6 Å². The van der Waals surface area contributed by atoms with Crippen LogP contribution in [0.1, 0.15) is 51.9 Å². The summed E-state index contributed by atoms with van der Waals surface area (Å²) >= 11 is 0. The summed E-state index contributed by atoms with van der Waals surface area (Å²) in [5.41, 5.74) is 0. The van der Waals surface area contributed by atoms with Gasteiger partial charge in [0.2, 0.25) is 10.0 Å².